The zero-order valence-electron chi connectivity index (χ0n) is 16.5. The summed E-state index contributed by atoms with van der Waals surface area (Å²) in [6, 6.07) is 11.0. The van der Waals surface area contributed by atoms with Crippen molar-refractivity contribution in [3.8, 4) is 0 Å². The van der Waals surface area contributed by atoms with Gasteiger partial charge in [0, 0.05) is 34.6 Å². The van der Waals surface area contributed by atoms with E-state index in [0.717, 1.165) is 26.6 Å². The molecule has 0 aliphatic carbocycles. The summed E-state index contributed by atoms with van der Waals surface area (Å²) in [4.78, 5) is 18.0. The first-order valence-electron chi connectivity index (χ1n) is 9.32. The highest BCUT2D eigenvalue weighted by Gasteiger charge is 2.26. The van der Waals surface area contributed by atoms with Crippen molar-refractivity contribution in [2.45, 2.75) is 19.8 Å². The molecular formula is C21H20ClN3O3S2. The molecule has 156 valence electrons. The molecule has 6 nitrogen and oxygen atoms in total. The lowest BCUT2D eigenvalue weighted by Crippen LogP contribution is -2.27. The zero-order chi connectivity index (χ0) is 21.5. The van der Waals surface area contributed by atoms with E-state index < -0.39 is 10.0 Å². The molecule has 1 aromatic heterocycles. The van der Waals surface area contributed by atoms with E-state index in [0.29, 0.717) is 35.8 Å². The van der Waals surface area contributed by atoms with E-state index in [4.69, 9.17) is 11.6 Å². The van der Waals surface area contributed by atoms with Crippen LogP contribution in [0.15, 0.2) is 42.6 Å². The van der Waals surface area contributed by atoms with E-state index in [-0.39, 0.29) is 5.91 Å². The van der Waals surface area contributed by atoms with Gasteiger partial charge < -0.3 is 0 Å². The summed E-state index contributed by atoms with van der Waals surface area (Å²) in [6.45, 7) is 2.36. The van der Waals surface area contributed by atoms with Crippen LogP contribution >= 0.6 is 22.9 Å². The minimum absolute atomic E-state index is 0.269. The monoisotopic (exact) mass is 461 g/mol. The number of anilines is 2. The molecule has 1 aliphatic rings. The lowest BCUT2D eigenvalue weighted by Gasteiger charge is -2.16. The average molecular weight is 462 g/mol. The van der Waals surface area contributed by atoms with Crippen LogP contribution in [0.3, 0.4) is 0 Å². The van der Waals surface area contributed by atoms with E-state index in [1.165, 1.54) is 21.9 Å². The average Bonchev–Trinajstić information content (AvgIpc) is 3.30. The van der Waals surface area contributed by atoms with Crippen molar-refractivity contribution in [3.05, 3.63) is 74.7 Å². The van der Waals surface area contributed by atoms with E-state index >= 15 is 0 Å². The van der Waals surface area contributed by atoms with Gasteiger partial charge in [0.2, 0.25) is 10.0 Å². The number of fused-ring (bicyclic) bond motifs is 1. The third-order valence-electron chi connectivity index (χ3n) is 4.98. The summed E-state index contributed by atoms with van der Waals surface area (Å²) in [5.41, 5.74) is 4.09. The normalized spacial score (nSPS) is 13.4. The quantitative estimate of drug-likeness (QED) is 0.615. The van der Waals surface area contributed by atoms with E-state index in [2.05, 4.69) is 10.3 Å². The molecule has 0 fully saturated rings. The first kappa shape index (κ1) is 20.8. The van der Waals surface area contributed by atoms with Gasteiger partial charge in [0.15, 0.2) is 5.13 Å². The molecule has 2 aromatic carbocycles. The Hall–Kier alpha value is -2.42. The highest BCUT2D eigenvalue weighted by molar-refractivity contribution is 7.92. The summed E-state index contributed by atoms with van der Waals surface area (Å²) in [7, 11) is -3.31. The topological polar surface area (TPSA) is 79.4 Å². The number of benzene rings is 2. The molecule has 0 unspecified atom stereocenters. The molecule has 1 N–H and O–H groups in total. The van der Waals surface area contributed by atoms with Crippen molar-refractivity contribution in [2.24, 2.45) is 0 Å². The van der Waals surface area contributed by atoms with Crippen LogP contribution < -0.4 is 9.62 Å². The Kier molecular flexibility index (Phi) is 5.57. The van der Waals surface area contributed by atoms with Gasteiger partial charge in [0.05, 0.1) is 11.9 Å². The van der Waals surface area contributed by atoms with Gasteiger partial charge in [-0.1, -0.05) is 23.7 Å². The maximum absolute atomic E-state index is 12.6. The van der Waals surface area contributed by atoms with Crippen LogP contribution in [0.2, 0.25) is 5.02 Å². The second-order valence-electron chi connectivity index (χ2n) is 7.27. The first-order valence-corrected chi connectivity index (χ1v) is 12.4. The van der Waals surface area contributed by atoms with Crippen LogP contribution in [0.1, 0.15) is 31.9 Å². The molecule has 3 aromatic rings. The Bertz CT molecular complexity index is 1240. The molecule has 0 saturated carbocycles. The minimum Gasteiger partial charge on any atom is -0.298 e. The van der Waals surface area contributed by atoms with Crippen molar-refractivity contribution in [1.82, 2.24) is 4.98 Å². The molecule has 0 spiro atoms. The van der Waals surface area contributed by atoms with Crippen LogP contribution in [0.25, 0.3) is 0 Å². The number of aromatic nitrogens is 1. The number of carbonyl (C=O) groups excluding carboxylic acids is 1. The summed E-state index contributed by atoms with van der Waals surface area (Å²) in [5, 5.41) is 4.08. The van der Waals surface area contributed by atoms with Crippen LogP contribution in [0.5, 0.6) is 0 Å². The van der Waals surface area contributed by atoms with E-state index in [1.807, 2.05) is 25.1 Å². The summed E-state index contributed by atoms with van der Waals surface area (Å²) < 4.78 is 25.1. The molecule has 4 rings (SSSR count). The highest BCUT2D eigenvalue weighted by atomic mass is 35.5. The lowest BCUT2D eigenvalue weighted by molar-refractivity contribution is 0.102. The largest absolute Gasteiger partial charge is 0.298 e. The Morgan fingerprint density at radius 3 is 2.80 bits per heavy atom. The molecule has 2 heterocycles. The number of amides is 1. The lowest BCUT2D eigenvalue weighted by atomic mass is 10.1. The summed E-state index contributed by atoms with van der Waals surface area (Å²) in [5.74, 6) is -0.269. The number of rotatable bonds is 5. The highest BCUT2D eigenvalue weighted by Crippen LogP contribution is 2.31. The second-order valence-corrected chi connectivity index (χ2v) is 10.7. The fourth-order valence-electron chi connectivity index (χ4n) is 3.42. The number of nitrogens with zero attached hydrogens (tertiary/aromatic N) is 2. The molecule has 0 saturated heterocycles. The van der Waals surface area contributed by atoms with Crippen molar-refractivity contribution in [1.29, 1.82) is 0 Å². The number of thiazole rings is 1. The van der Waals surface area contributed by atoms with Gasteiger partial charge in [-0.05, 0) is 54.3 Å². The van der Waals surface area contributed by atoms with Crippen molar-refractivity contribution in [2.75, 3.05) is 22.4 Å². The molecular weight excluding hydrogens is 442 g/mol. The van der Waals surface area contributed by atoms with E-state index in [9.17, 15) is 13.2 Å². The number of halogens is 1. The predicted octanol–water partition coefficient (Wildman–Crippen LogP) is 4.27. The van der Waals surface area contributed by atoms with Gasteiger partial charge in [-0.25, -0.2) is 13.4 Å². The second kappa shape index (κ2) is 8.02. The van der Waals surface area contributed by atoms with Crippen molar-refractivity contribution >= 4 is 49.7 Å². The zero-order valence-corrected chi connectivity index (χ0v) is 18.9. The van der Waals surface area contributed by atoms with Crippen LogP contribution in [0.4, 0.5) is 10.8 Å². The molecule has 1 amide bonds. The summed E-state index contributed by atoms with van der Waals surface area (Å²) >= 11 is 7.61. The summed E-state index contributed by atoms with van der Waals surface area (Å²) in [6.07, 6.45) is 4.21. The third kappa shape index (κ3) is 4.35. The molecule has 30 heavy (non-hydrogen) atoms. The molecule has 1 aliphatic heterocycles. The van der Waals surface area contributed by atoms with Gasteiger partial charge in [0.25, 0.3) is 5.91 Å². The number of carbonyl (C=O) groups is 1. The predicted molar refractivity (Wildman–Crippen MR) is 121 cm³/mol. The maximum Gasteiger partial charge on any atom is 0.257 e. The molecule has 0 radical (unpaired) electrons. The number of sulfonamides is 1. The standard InChI is InChI=1S/C21H20ClN3O3S2/c1-13-3-4-14(10-18(13)22)9-17-12-23-21(29-17)24-20(26)16-5-6-19-15(11-16)7-8-25(19)30(2,27)28/h3-6,10-12H,7-9H2,1-2H3,(H,23,24,26). The number of aryl methyl sites for hydroxylation is 1. The smallest absolute Gasteiger partial charge is 0.257 e. The number of nitrogens with one attached hydrogen (secondary N) is 1. The molecule has 9 heteroatoms. The van der Waals surface area contributed by atoms with Gasteiger partial charge in [-0.3, -0.25) is 14.4 Å². The first-order chi connectivity index (χ1) is 14.2. The van der Waals surface area contributed by atoms with Gasteiger partial charge in [-0.15, -0.1) is 11.3 Å². The molecule has 0 atom stereocenters. The van der Waals surface area contributed by atoms with Crippen LogP contribution in [-0.4, -0.2) is 32.1 Å². The molecule has 0 bridgehead atoms. The van der Waals surface area contributed by atoms with Gasteiger partial charge >= 0.3 is 0 Å². The minimum atomic E-state index is -3.31. The van der Waals surface area contributed by atoms with E-state index in [1.54, 1.807) is 24.4 Å². The van der Waals surface area contributed by atoms with Crippen molar-refractivity contribution < 1.29 is 13.2 Å². The third-order valence-corrected chi connectivity index (χ3v) is 7.48. The Morgan fingerprint density at radius 1 is 1.27 bits per heavy atom. The maximum atomic E-state index is 12.6. The SMILES string of the molecule is Cc1ccc(Cc2cnc(NC(=O)c3ccc4c(c3)CCN4S(C)(=O)=O)s2)cc1Cl. The number of hydrogen-bond acceptors (Lipinski definition) is 5. The van der Waals surface area contributed by atoms with Gasteiger partial charge in [-0.2, -0.15) is 0 Å². The Balaban J connectivity index is 1.45. The fraction of sp³-hybridized carbons (Fsp3) is 0.238. The number of hydrogen-bond donors (Lipinski definition) is 1. The van der Waals surface area contributed by atoms with Crippen LogP contribution in [0, 0.1) is 6.92 Å². The fourth-order valence-corrected chi connectivity index (χ4v) is 5.42. The Morgan fingerprint density at radius 2 is 2.07 bits per heavy atom. The van der Waals surface area contributed by atoms with Crippen LogP contribution in [-0.2, 0) is 22.9 Å². The Labute approximate surface area is 184 Å². The van der Waals surface area contributed by atoms with Gasteiger partial charge in [0.1, 0.15) is 0 Å². The van der Waals surface area contributed by atoms with Crippen molar-refractivity contribution in [3.63, 3.8) is 0 Å².